The van der Waals surface area contributed by atoms with Gasteiger partial charge in [0.25, 0.3) is 5.91 Å². The van der Waals surface area contributed by atoms with Crippen LogP contribution in [0.2, 0.25) is 0 Å². The summed E-state index contributed by atoms with van der Waals surface area (Å²) < 4.78 is 7.12. The third-order valence-electron chi connectivity index (χ3n) is 3.92. The zero-order valence-corrected chi connectivity index (χ0v) is 17.0. The minimum atomic E-state index is -0.349. The van der Waals surface area contributed by atoms with E-state index in [9.17, 15) is 4.79 Å². The summed E-state index contributed by atoms with van der Waals surface area (Å²) in [6.45, 7) is 1.71. The predicted molar refractivity (Wildman–Crippen MR) is 115 cm³/mol. The molecule has 2 N–H and O–H groups in total. The number of nitrogens with zero attached hydrogens (tertiary/aromatic N) is 4. The van der Waals surface area contributed by atoms with Gasteiger partial charge in [0, 0.05) is 5.56 Å². The minimum Gasteiger partial charge on any atom is -0.484 e. The number of hydrogen-bond acceptors (Lipinski definition) is 7. The van der Waals surface area contributed by atoms with Crippen LogP contribution in [0.15, 0.2) is 54.6 Å². The molecule has 0 bridgehead atoms. The first-order chi connectivity index (χ1) is 14.1. The Labute approximate surface area is 175 Å². The molecule has 0 radical (unpaired) electrons. The van der Waals surface area contributed by atoms with E-state index in [1.54, 1.807) is 16.6 Å². The van der Waals surface area contributed by atoms with E-state index in [0.29, 0.717) is 16.5 Å². The maximum atomic E-state index is 12.1. The van der Waals surface area contributed by atoms with Crippen molar-refractivity contribution in [3.63, 3.8) is 0 Å². The molecule has 0 saturated heterocycles. The lowest BCUT2D eigenvalue weighted by atomic mass is 10.2. The number of rotatable bonds is 5. The highest BCUT2D eigenvalue weighted by Gasteiger charge is 2.14. The summed E-state index contributed by atoms with van der Waals surface area (Å²) in [7, 11) is 0. The smallest absolute Gasteiger partial charge is 0.264 e. The molecule has 2 aromatic heterocycles. The molecule has 146 valence electrons. The van der Waals surface area contributed by atoms with Crippen LogP contribution in [0.4, 0.5) is 5.69 Å². The molecule has 0 spiro atoms. The highest BCUT2D eigenvalue weighted by atomic mass is 32.1. The maximum Gasteiger partial charge on any atom is 0.264 e. The van der Waals surface area contributed by atoms with Crippen molar-refractivity contribution in [3.05, 3.63) is 60.4 Å². The van der Waals surface area contributed by atoms with E-state index >= 15 is 0 Å². The van der Waals surface area contributed by atoms with E-state index in [-0.39, 0.29) is 17.6 Å². The number of carbonyl (C=O) groups excluding carboxylic acids is 1. The van der Waals surface area contributed by atoms with Crippen molar-refractivity contribution in [3.8, 4) is 16.3 Å². The first kappa shape index (κ1) is 19.0. The van der Waals surface area contributed by atoms with Crippen LogP contribution in [0.25, 0.3) is 15.5 Å². The number of carbonyl (C=O) groups is 1. The number of fused-ring (bicyclic) bond motifs is 1. The third-order valence-corrected chi connectivity index (χ3v) is 5.05. The van der Waals surface area contributed by atoms with Gasteiger partial charge in [-0.15, -0.1) is 10.2 Å². The molecule has 10 heteroatoms. The minimum absolute atomic E-state index is 0.135. The summed E-state index contributed by atoms with van der Waals surface area (Å²) in [5.41, 5.74) is 1.57. The van der Waals surface area contributed by atoms with Crippen LogP contribution in [-0.2, 0) is 4.79 Å². The summed E-state index contributed by atoms with van der Waals surface area (Å²) in [5.74, 6) is 0.984. The molecular formula is C19H16N6O2S2. The van der Waals surface area contributed by atoms with Gasteiger partial charge in [-0.1, -0.05) is 41.7 Å². The molecule has 0 aliphatic heterocycles. The van der Waals surface area contributed by atoms with Gasteiger partial charge in [0.1, 0.15) is 10.8 Å². The summed E-state index contributed by atoms with van der Waals surface area (Å²) in [4.78, 5) is 12.8. The van der Waals surface area contributed by atoms with E-state index in [1.807, 2.05) is 49.4 Å². The van der Waals surface area contributed by atoms with Gasteiger partial charge in [0.2, 0.25) is 4.96 Å². The lowest BCUT2D eigenvalue weighted by Crippen LogP contribution is -2.37. The second-order valence-corrected chi connectivity index (χ2v) is 7.36. The molecule has 2 heterocycles. The number of nitrogens with one attached hydrogen (secondary N) is 2. The van der Waals surface area contributed by atoms with Crippen LogP contribution in [0.5, 0.6) is 5.75 Å². The molecule has 2 aromatic carbocycles. The monoisotopic (exact) mass is 424 g/mol. The molecule has 4 aromatic rings. The van der Waals surface area contributed by atoms with Gasteiger partial charge < -0.3 is 10.1 Å². The molecule has 0 saturated carbocycles. The summed E-state index contributed by atoms with van der Waals surface area (Å²) in [6, 6.07) is 16.7. The topological polar surface area (TPSA) is 93.4 Å². The first-order valence-corrected chi connectivity index (χ1v) is 9.89. The number of aromatic nitrogens is 4. The fourth-order valence-corrected chi connectivity index (χ4v) is 3.73. The summed E-state index contributed by atoms with van der Waals surface area (Å²) >= 11 is 6.70. The number of amides is 1. The number of para-hydroxylation sites is 2. The van der Waals surface area contributed by atoms with E-state index in [1.165, 1.54) is 11.3 Å². The van der Waals surface area contributed by atoms with Gasteiger partial charge in [-0.25, -0.2) is 0 Å². The Morgan fingerprint density at radius 1 is 1.14 bits per heavy atom. The Hall–Kier alpha value is -3.37. The zero-order valence-electron chi connectivity index (χ0n) is 15.3. The largest absolute Gasteiger partial charge is 0.484 e. The van der Waals surface area contributed by atoms with Gasteiger partial charge in [-0.3, -0.25) is 10.1 Å². The predicted octanol–water partition coefficient (Wildman–Crippen LogP) is 3.05. The second-order valence-electron chi connectivity index (χ2n) is 6.00. The number of hydrogen-bond donors (Lipinski definition) is 2. The van der Waals surface area contributed by atoms with Gasteiger partial charge in [0.05, 0.1) is 5.69 Å². The van der Waals surface area contributed by atoms with Crippen LogP contribution in [0.1, 0.15) is 5.82 Å². The average Bonchev–Trinajstić information content (AvgIpc) is 3.29. The van der Waals surface area contributed by atoms with Crippen molar-refractivity contribution in [1.82, 2.24) is 25.1 Å². The number of thiocarbonyl (C=S) groups is 1. The number of aryl methyl sites for hydroxylation is 1. The molecule has 0 aliphatic carbocycles. The van der Waals surface area contributed by atoms with E-state index in [4.69, 9.17) is 17.0 Å². The second kappa shape index (κ2) is 8.33. The third kappa shape index (κ3) is 4.39. The van der Waals surface area contributed by atoms with Gasteiger partial charge in [-0.05, 0) is 43.4 Å². The van der Waals surface area contributed by atoms with Gasteiger partial charge in [0.15, 0.2) is 17.5 Å². The standard InChI is InChI=1S/C19H16N6O2S2/c1-12-22-23-19-25(12)24-17(29-19)14-9-5-6-10-15(14)20-18(28)21-16(26)11-27-13-7-3-2-4-8-13/h2-10H,11H2,1H3,(H2,20,21,26,28). The summed E-state index contributed by atoms with van der Waals surface area (Å²) in [6.07, 6.45) is 0. The number of benzene rings is 2. The van der Waals surface area contributed by atoms with Crippen molar-refractivity contribution in [1.29, 1.82) is 0 Å². The highest BCUT2D eigenvalue weighted by Crippen LogP contribution is 2.31. The Bertz CT molecular complexity index is 1170. The van der Waals surface area contributed by atoms with E-state index in [0.717, 1.165) is 16.3 Å². The van der Waals surface area contributed by atoms with Crippen molar-refractivity contribution < 1.29 is 9.53 Å². The van der Waals surface area contributed by atoms with Crippen molar-refractivity contribution in [2.45, 2.75) is 6.92 Å². The molecule has 0 fully saturated rings. The molecule has 8 nitrogen and oxygen atoms in total. The number of ether oxygens (including phenoxy) is 1. The normalized spacial score (nSPS) is 10.7. The lowest BCUT2D eigenvalue weighted by Gasteiger charge is -2.12. The van der Waals surface area contributed by atoms with E-state index < -0.39 is 0 Å². The molecule has 0 unspecified atom stereocenters. The van der Waals surface area contributed by atoms with E-state index in [2.05, 4.69) is 25.9 Å². The van der Waals surface area contributed by atoms with Gasteiger partial charge in [-0.2, -0.15) is 9.61 Å². The van der Waals surface area contributed by atoms with Gasteiger partial charge >= 0.3 is 0 Å². The van der Waals surface area contributed by atoms with Crippen LogP contribution in [0, 0.1) is 6.92 Å². The highest BCUT2D eigenvalue weighted by molar-refractivity contribution is 7.80. The van der Waals surface area contributed by atoms with Crippen molar-refractivity contribution in [2.24, 2.45) is 0 Å². The first-order valence-electron chi connectivity index (χ1n) is 8.67. The Balaban J connectivity index is 1.42. The molecule has 29 heavy (non-hydrogen) atoms. The van der Waals surface area contributed by atoms with Crippen LogP contribution < -0.4 is 15.4 Å². The molecular weight excluding hydrogens is 408 g/mol. The number of anilines is 1. The average molecular weight is 425 g/mol. The quantitative estimate of drug-likeness (QED) is 0.476. The fourth-order valence-electron chi connectivity index (χ4n) is 2.58. The Morgan fingerprint density at radius 2 is 1.90 bits per heavy atom. The SMILES string of the molecule is Cc1nnc2sc(-c3ccccc3NC(=S)NC(=O)COc3ccccc3)nn12. The summed E-state index contributed by atoms with van der Waals surface area (Å²) in [5, 5.41) is 19.3. The lowest BCUT2D eigenvalue weighted by molar-refractivity contribution is -0.121. The van der Waals surface area contributed by atoms with Crippen LogP contribution in [-0.4, -0.2) is 37.4 Å². The fraction of sp³-hybridized carbons (Fsp3) is 0.105. The van der Waals surface area contributed by atoms with Crippen molar-refractivity contribution in [2.75, 3.05) is 11.9 Å². The Morgan fingerprint density at radius 3 is 2.69 bits per heavy atom. The Kier molecular flexibility index (Phi) is 5.45. The maximum absolute atomic E-state index is 12.1. The molecule has 1 amide bonds. The van der Waals surface area contributed by atoms with Crippen molar-refractivity contribution >= 4 is 45.2 Å². The molecule has 0 atom stereocenters. The van der Waals surface area contributed by atoms with Crippen LogP contribution in [0.3, 0.4) is 0 Å². The molecule has 0 aliphatic rings. The van der Waals surface area contributed by atoms with Crippen LogP contribution >= 0.6 is 23.6 Å². The zero-order chi connectivity index (χ0) is 20.2. The molecule has 4 rings (SSSR count).